The Morgan fingerprint density at radius 2 is 1.81 bits per heavy atom. The van der Waals surface area contributed by atoms with Gasteiger partial charge in [0.15, 0.2) is 0 Å². The lowest BCUT2D eigenvalue weighted by Crippen LogP contribution is -2.39. The summed E-state index contributed by atoms with van der Waals surface area (Å²) >= 11 is 6.47. The third kappa shape index (κ3) is 4.62. The maximum Gasteiger partial charge on any atom is 0.0471 e. The highest BCUT2D eigenvalue weighted by Gasteiger charge is 2.27. The quantitative estimate of drug-likeness (QED) is 0.858. The van der Waals surface area contributed by atoms with E-state index in [1.165, 1.54) is 24.1 Å². The van der Waals surface area contributed by atoms with Crippen LogP contribution in [-0.4, -0.2) is 18.6 Å². The molecule has 0 radical (unpaired) electrons. The molecule has 1 saturated heterocycles. The van der Waals surface area contributed by atoms with Crippen LogP contribution in [0.15, 0.2) is 18.2 Å². The maximum atomic E-state index is 6.47. The fourth-order valence-electron chi connectivity index (χ4n) is 2.73. The van der Waals surface area contributed by atoms with Crippen molar-refractivity contribution < 1.29 is 0 Å². The molecule has 21 heavy (non-hydrogen) atoms. The van der Waals surface area contributed by atoms with Crippen LogP contribution in [0.4, 0.5) is 5.69 Å². The molecule has 0 amide bonds. The van der Waals surface area contributed by atoms with Crippen molar-refractivity contribution in [1.29, 1.82) is 0 Å². The van der Waals surface area contributed by atoms with Crippen molar-refractivity contribution in [2.75, 3.05) is 18.0 Å². The first-order chi connectivity index (χ1) is 9.68. The fraction of sp³-hybridized carbons (Fsp3) is 0.667. The van der Waals surface area contributed by atoms with Crippen molar-refractivity contribution in [1.82, 2.24) is 5.32 Å². The molecule has 1 aromatic carbocycles. The summed E-state index contributed by atoms with van der Waals surface area (Å²) in [5.41, 5.74) is 3.10. The van der Waals surface area contributed by atoms with Gasteiger partial charge in [-0.2, -0.15) is 0 Å². The summed E-state index contributed by atoms with van der Waals surface area (Å²) < 4.78 is 0. The van der Waals surface area contributed by atoms with E-state index in [2.05, 4.69) is 57.0 Å². The predicted molar refractivity (Wildman–Crippen MR) is 93.3 cm³/mol. The molecule has 1 aliphatic heterocycles. The molecule has 0 saturated carbocycles. The Morgan fingerprint density at radius 3 is 2.38 bits per heavy atom. The van der Waals surface area contributed by atoms with Gasteiger partial charge in [-0.1, -0.05) is 31.5 Å². The first-order valence-electron chi connectivity index (χ1n) is 7.95. The van der Waals surface area contributed by atoms with Crippen molar-refractivity contribution >= 4 is 17.3 Å². The van der Waals surface area contributed by atoms with Gasteiger partial charge in [0, 0.05) is 41.4 Å². The van der Waals surface area contributed by atoms with E-state index in [0.29, 0.717) is 5.41 Å². The summed E-state index contributed by atoms with van der Waals surface area (Å²) in [7, 11) is 0. The van der Waals surface area contributed by atoms with Crippen LogP contribution in [0.5, 0.6) is 0 Å². The predicted octanol–water partition coefficient (Wildman–Crippen LogP) is 4.85. The third-order valence-electron chi connectivity index (χ3n) is 4.35. The van der Waals surface area contributed by atoms with Crippen LogP contribution >= 0.6 is 11.6 Å². The molecule has 1 heterocycles. The Kier molecular flexibility index (Phi) is 4.89. The van der Waals surface area contributed by atoms with E-state index in [1.807, 2.05) is 6.07 Å². The van der Waals surface area contributed by atoms with Crippen LogP contribution in [0.1, 0.15) is 53.0 Å². The average molecular weight is 309 g/mol. The normalized spacial score (nSPS) is 18.9. The van der Waals surface area contributed by atoms with Crippen LogP contribution in [-0.2, 0) is 6.54 Å². The summed E-state index contributed by atoms with van der Waals surface area (Å²) in [6.45, 7) is 14.4. The minimum Gasteiger partial charge on any atom is -0.371 e. The van der Waals surface area contributed by atoms with Gasteiger partial charge in [-0.25, -0.2) is 0 Å². The zero-order valence-corrected chi connectivity index (χ0v) is 14.8. The molecule has 1 aliphatic rings. The second-order valence-corrected chi connectivity index (χ2v) is 8.40. The highest BCUT2D eigenvalue weighted by molar-refractivity contribution is 6.31. The summed E-state index contributed by atoms with van der Waals surface area (Å²) in [6, 6.07) is 6.28. The van der Waals surface area contributed by atoms with Gasteiger partial charge in [-0.15, -0.1) is 0 Å². The number of anilines is 1. The van der Waals surface area contributed by atoms with E-state index in [1.54, 1.807) is 0 Å². The lowest BCUT2D eigenvalue weighted by atomic mass is 9.82. The molecule has 2 nitrogen and oxygen atoms in total. The van der Waals surface area contributed by atoms with E-state index in [-0.39, 0.29) is 5.54 Å². The van der Waals surface area contributed by atoms with Gasteiger partial charge in [0.25, 0.3) is 0 Å². The summed E-state index contributed by atoms with van der Waals surface area (Å²) in [6.07, 6.45) is 2.48. The van der Waals surface area contributed by atoms with Gasteiger partial charge in [0.1, 0.15) is 0 Å². The topological polar surface area (TPSA) is 15.3 Å². The van der Waals surface area contributed by atoms with Gasteiger partial charge in [-0.3, -0.25) is 0 Å². The molecule has 2 rings (SSSR count). The van der Waals surface area contributed by atoms with Crippen LogP contribution in [0.25, 0.3) is 0 Å². The van der Waals surface area contributed by atoms with Gasteiger partial charge in [-0.05, 0) is 51.2 Å². The minimum absolute atomic E-state index is 0.0975. The average Bonchev–Trinajstić information content (AvgIpc) is 2.36. The molecule has 0 spiro atoms. The minimum atomic E-state index is 0.0975. The number of rotatable bonds is 3. The SMILES string of the molecule is CC1(C)CCN(c2cccc(Cl)c2CNC(C)(C)C)CC1. The lowest BCUT2D eigenvalue weighted by molar-refractivity contribution is 0.279. The zero-order valence-electron chi connectivity index (χ0n) is 14.1. The van der Waals surface area contributed by atoms with Gasteiger partial charge in [0.05, 0.1) is 0 Å². The van der Waals surface area contributed by atoms with Crippen molar-refractivity contribution in [2.45, 2.75) is 59.5 Å². The van der Waals surface area contributed by atoms with Crippen molar-refractivity contribution in [2.24, 2.45) is 5.41 Å². The molecule has 0 bridgehead atoms. The number of halogens is 1. The first-order valence-corrected chi connectivity index (χ1v) is 8.33. The standard InChI is InChI=1S/C18H29ClN2/c1-17(2,3)20-13-14-15(19)7-6-8-16(14)21-11-9-18(4,5)10-12-21/h6-8,20H,9-13H2,1-5H3. The van der Waals surface area contributed by atoms with Crippen molar-refractivity contribution in [3.63, 3.8) is 0 Å². The molecular weight excluding hydrogens is 280 g/mol. The molecule has 0 atom stereocenters. The molecule has 1 fully saturated rings. The molecule has 0 aromatic heterocycles. The van der Waals surface area contributed by atoms with Crippen LogP contribution in [0, 0.1) is 5.41 Å². The Hall–Kier alpha value is -0.730. The van der Waals surface area contributed by atoms with Crippen LogP contribution in [0.2, 0.25) is 5.02 Å². The molecule has 3 heteroatoms. The first kappa shape index (κ1) is 16.6. The highest BCUT2D eigenvalue weighted by atomic mass is 35.5. The molecule has 1 N–H and O–H groups in total. The van der Waals surface area contributed by atoms with Crippen LogP contribution in [0.3, 0.4) is 0 Å². The Labute approximate surface area is 134 Å². The second-order valence-electron chi connectivity index (χ2n) is 7.99. The molecular formula is C18H29ClN2. The van der Waals surface area contributed by atoms with E-state index in [0.717, 1.165) is 24.7 Å². The molecule has 118 valence electrons. The smallest absolute Gasteiger partial charge is 0.0471 e. The van der Waals surface area contributed by atoms with E-state index in [9.17, 15) is 0 Å². The number of hydrogen-bond donors (Lipinski definition) is 1. The zero-order chi connectivity index (χ0) is 15.7. The van der Waals surface area contributed by atoms with Crippen molar-refractivity contribution in [3.8, 4) is 0 Å². The monoisotopic (exact) mass is 308 g/mol. The Balaban J connectivity index is 2.18. The summed E-state index contributed by atoms with van der Waals surface area (Å²) in [4.78, 5) is 2.50. The Morgan fingerprint density at radius 1 is 1.19 bits per heavy atom. The highest BCUT2D eigenvalue weighted by Crippen LogP contribution is 2.35. The fourth-order valence-corrected chi connectivity index (χ4v) is 2.96. The van der Waals surface area contributed by atoms with Gasteiger partial charge in [0.2, 0.25) is 0 Å². The number of piperidine rings is 1. The van der Waals surface area contributed by atoms with E-state index < -0.39 is 0 Å². The van der Waals surface area contributed by atoms with E-state index >= 15 is 0 Å². The van der Waals surface area contributed by atoms with Gasteiger partial charge >= 0.3 is 0 Å². The number of nitrogens with one attached hydrogen (secondary N) is 1. The van der Waals surface area contributed by atoms with Gasteiger partial charge < -0.3 is 10.2 Å². The van der Waals surface area contributed by atoms with E-state index in [4.69, 9.17) is 11.6 Å². The third-order valence-corrected chi connectivity index (χ3v) is 4.70. The largest absolute Gasteiger partial charge is 0.371 e. The molecule has 0 aliphatic carbocycles. The second kappa shape index (κ2) is 6.18. The van der Waals surface area contributed by atoms with Crippen molar-refractivity contribution in [3.05, 3.63) is 28.8 Å². The number of hydrogen-bond acceptors (Lipinski definition) is 2. The Bertz CT molecular complexity index is 478. The molecule has 0 unspecified atom stereocenters. The summed E-state index contributed by atoms with van der Waals surface area (Å²) in [5.74, 6) is 0. The van der Waals surface area contributed by atoms with Crippen LogP contribution < -0.4 is 10.2 Å². The molecule has 1 aromatic rings. The number of nitrogens with zero attached hydrogens (tertiary/aromatic N) is 1. The lowest BCUT2D eigenvalue weighted by Gasteiger charge is -2.39. The summed E-state index contributed by atoms with van der Waals surface area (Å²) in [5, 5.41) is 4.43. The maximum absolute atomic E-state index is 6.47. The number of benzene rings is 1.